The molecule has 0 saturated carbocycles. The van der Waals surface area contributed by atoms with Gasteiger partial charge in [0.1, 0.15) is 4.90 Å². The number of nitrogens with one attached hydrogen (secondary N) is 3. The molecule has 2 rings (SSSR count). The lowest BCUT2D eigenvalue weighted by Gasteiger charge is -2.04. The van der Waals surface area contributed by atoms with Crippen LogP contribution in [0.15, 0.2) is 40.4 Å². The SMILES string of the molecule is O=c1ccc(S(=O)(=O)Nc2cn[nH]c2)c[nH]1. The van der Waals surface area contributed by atoms with Gasteiger partial charge in [-0.05, 0) is 6.07 Å². The van der Waals surface area contributed by atoms with Gasteiger partial charge in [0.25, 0.3) is 10.0 Å². The van der Waals surface area contributed by atoms with Crippen molar-refractivity contribution in [2.45, 2.75) is 4.90 Å². The number of anilines is 1. The van der Waals surface area contributed by atoms with Gasteiger partial charge in [-0.25, -0.2) is 8.42 Å². The zero-order valence-corrected chi connectivity index (χ0v) is 8.78. The molecule has 2 aromatic heterocycles. The maximum Gasteiger partial charge on any atom is 0.263 e. The molecule has 0 aliphatic heterocycles. The standard InChI is InChI=1S/C8H8N4O3S/c13-8-2-1-7(5-9-8)16(14,15)12-6-3-10-11-4-6/h1-5,12H,(H,9,13)(H,10,11). The van der Waals surface area contributed by atoms with Crippen molar-refractivity contribution in [1.29, 1.82) is 0 Å². The van der Waals surface area contributed by atoms with E-state index in [1.54, 1.807) is 0 Å². The number of nitrogens with zero attached hydrogens (tertiary/aromatic N) is 1. The molecule has 0 saturated heterocycles. The van der Waals surface area contributed by atoms with Gasteiger partial charge in [0.05, 0.1) is 11.9 Å². The molecule has 0 radical (unpaired) electrons. The molecule has 8 heteroatoms. The monoisotopic (exact) mass is 240 g/mol. The Morgan fingerprint density at radius 1 is 1.25 bits per heavy atom. The molecule has 0 spiro atoms. The smallest absolute Gasteiger partial charge is 0.263 e. The van der Waals surface area contributed by atoms with Crippen LogP contribution in [0, 0.1) is 0 Å². The topological polar surface area (TPSA) is 108 Å². The quantitative estimate of drug-likeness (QED) is 0.696. The van der Waals surface area contributed by atoms with Crippen molar-refractivity contribution in [2.75, 3.05) is 4.72 Å². The number of rotatable bonds is 3. The van der Waals surface area contributed by atoms with Gasteiger partial charge in [-0.1, -0.05) is 0 Å². The highest BCUT2D eigenvalue weighted by molar-refractivity contribution is 7.92. The molecule has 0 unspecified atom stereocenters. The number of hydrogen-bond acceptors (Lipinski definition) is 4. The molecule has 0 atom stereocenters. The fourth-order valence-corrected chi connectivity index (χ4v) is 2.09. The van der Waals surface area contributed by atoms with Crippen molar-refractivity contribution in [3.8, 4) is 0 Å². The predicted octanol–water partition coefficient (Wildman–Crippen LogP) is -0.101. The summed E-state index contributed by atoms with van der Waals surface area (Å²) in [6, 6.07) is 2.37. The molecule has 2 heterocycles. The first kappa shape index (κ1) is 10.4. The van der Waals surface area contributed by atoms with Gasteiger partial charge in [-0.3, -0.25) is 14.6 Å². The van der Waals surface area contributed by atoms with Gasteiger partial charge in [0.15, 0.2) is 0 Å². The second-order valence-electron chi connectivity index (χ2n) is 2.98. The predicted molar refractivity (Wildman–Crippen MR) is 56.5 cm³/mol. The third-order valence-electron chi connectivity index (χ3n) is 1.82. The van der Waals surface area contributed by atoms with Gasteiger partial charge < -0.3 is 4.98 Å². The number of aromatic nitrogens is 3. The summed E-state index contributed by atoms with van der Waals surface area (Å²) in [6.07, 6.45) is 3.87. The summed E-state index contributed by atoms with van der Waals surface area (Å²) >= 11 is 0. The summed E-state index contributed by atoms with van der Waals surface area (Å²) in [5.74, 6) is 0. The van der Waals surface area contributed by atoms with Crippen LogP contribution in [0.25, 0.3) is 0 Å². The Morgan fingerprint density at radius 2 is 2.06 bits per heavy atom. The fourth-order valence-electron chi connectivity index (χ4n) is 1.08. The molecule has 2 aromatic rings. The van der Waals surface area contributed by atoms with E-state index in [4.69, 9.17) is 0 Å². The molecule has 0 amide bonds. The summed E-state index contributed by atoms with van der Waals surface area (Å²) in [7, 11) is -3.68. The maximum absolute atomic E-state index is 11.7. The van der Waals surface area contributed by atoms with Crippen LogP contribution >= 0.6 is 0 Å². The van der Waals surface area contributed by atoms with Crippen molar-refractivity contribution in [1.82, 2.24) is 15.2 Å². The molecular weight excluding hydrogens is 232 g/mol. The summed E-state index contributed by atoms with van der Waals surface area (Å²) in [5, 5.41) is 6.08. The molecule has 0 aromatic carbocycles. The molecule has 0 fully saturated rings. The van der Waals surface area contributed by atoms with Crippen molar-refractivity contribution >= 4 is 15.7 Å². The molecule has 3 N–H and O–H groups in total. The summed E-state index contributed by atoms with van der Waals surface area (Å²) in [5.41, 5.74) is -0.0338. The zero-order valence-electron chi connectivity index (χ0n) is 7.97. The lowest BCUT2D eigenvalue weighted by Crippen LogP contribution is -2.14. The van der Waals surface area contributed by atoms with E-state index in [1.165, 1.54) is 18.5 Å². The minimum Gasteiger partial charge on any atom is -0.328 e. The minimum absolute atomic E-state index is 0.0201. The third-order valence-corrected chi connectivity index (χ3v) is 3.20. The fraction of sp³-hybridized carbons (Fsp3) is 0. The van der Waals surface area contributed by atoms with Crippen LogP contribution in [-0.2, 0) is 10.0 Å². The zero-order chi connectivity index (χ0) is 11.6. The average Bonchev–Trinajstić information content (AvgIpc) is 2.70. The molecule has 7 nitrogen and oxygen atoms in total. The Labute approximate surface area is 90.6 Å². The highest BCUT2D eigenvalue weighted by Crippen LogP contribution is 2.11. The van der Waals surface area contributed by atoms with Crippen LogP contribution in [0.2, 0.25) is 0 Å². The van der Waals surface area contributed by atoms with E-state index in [-0.39, 0.29) is 10.5 Å². The largest absolute Gasteiger partial charge is 0.328 e. The molecule has 0 aliphatic rings. The van der Waals surface area contributed by atoms with Crippen molar-refractivity contribution in [3.05, 3.63) is 41.1 Å². The van der Waals surface area contributed by atoms with E-state index in [1.807, 2.05) is 0 Å². The van der Waals surface area contributed by atoms with E-state index >= 15 is 0 Å². The summed E-state index contributed by atoms with van der Waals surface area (Å²) in [6.45, 7) is 0. The third kappa shape index (κ3) is 2.11. The van der Waals surface area contributed by atoms with E-state index < -0.39 is 10.0 Å². The van der Waals surface area contributed by atoms with E-state index in [2.05, 4.69) is 19.9 Å². The highest BCUT2D eigenvalue weighted by atomic mass is 32.2. The van der Waals surface area contributed by atoms with E-state index in [0.29, 0.717) is 5.69 Å². The van der Waals surface area contributed by atoms with Crippen LogP contribution < -0.4 is 10.3 Å². The summed E-state index contributed by atoms with van der Waals surface area (Å²) in [4.78, 5) is 13.0. The van der Waals surface area contributed by atoms with Gasteiger partial charge >= 0.3 is 0 Å². The number of pyridine rings is 1. The first-order valence-electron chi connectivity index (χ1n) is 4.28. The van der Waals surface area contributed by atoms with Gasteiger partial charge in [-0.2, -0.15) is 5.10 Å². The van der Waals surface area contributed by atoms with E-state index in [9.17, 15) is 13.2 Å². The van der Waals surface area contributed by atoms with Crippen molar-refractivity contribution < 1.29 is 8.42 Å². The van der Waals surface area contributed by atoms with Crippen LogP contribution in [0.3, 0.4) is 0 Å². The molecule has 0 aliphatic carbocycles. The van der Waals surface area contributed by atoms with Crippen LogP contribution in [0.1, 0.15) is 0 Å². The molecule has 84 valence electrons. The highest BCUT2D eigenvalue weighted by Gasteiger charge is 2.14. The maximum atomic E-state index is 11.7. The second-order valence-corrected chi connectivity index (χ2v) is 4.66. The lowest BCUT2D eigenvalue weighted by atomic mass is 10.5. The Bertz CT molecular complexity index is 609. The molecular formula is C8H8N4O3S. The number of hydrogen-bond donors (Lipinski definition) is 3. The van der Waals surface area contributed by atoms with Crippen molar-refractivity contribution in [3.63, 3.8) is 0 Å². The van der Waals surface area contributed by atoms with Gasteiger partial charge in [0, 0.05) is 18.5 Å². The molecule has 16 heavy (non-hydrogen) atoms. The number of aromatic amines is 2. The minimum atomic E-state index is -3.68. The first-order valence-corrected chi connectivity index (χ1v) is 5.76. The normalized spacial score (nSPS) is 11.2. The Morgan fingerprint density at radius 3 is 2.62 bits per heavy atom. The Balaban J connectivity index is 2.32. The first-order chi connectivity index (χ1) is 7.58. The van der Waals surface area contributed by atoms with Crippen LogP contribution in [0.4, 0.5) is 5.69 Å². The lowest BCUT2D eigenvalue weighted by molar-refractivity contribution is 0.600. The number of H-pyrrole nitrogens is 2. The van der Waals surface area contributed by atoms with Gasteiger partial charge in [-0.15, -0.1) is 0 Å². The van der Waals surface area contributed by atoms with Crippen LogP contribution in [0.5, 0.6) is 0 Å². The number of sulfonamides is 1. The molecule has 0 bridgehead atoms. The second kappa shape index (κ2) is 3.81. The van der Waals surface area contributed by atoms with Crippen molar-refractivity contribution in [2.24, 2.45) is 0 Å². The Hall–Kier alpha value is -2.09. The van der Waals surface area contributed by atoms with Crippen LogP contribution in [-0.4, -0.2) is 23.6 Å². The average molecular weight is 240 g/mol. The van der Waals surface area contributed by atoms with E-state index in [0.717, 1.165) is 12.3 Å². The van der Waals surface area contributed by atoms with Gasteiger partial charge in [0.2, 0.25) is 5.56 Å². The Kier molecular flexibility index (Phi) is 2.49. The summed E-state index contributed by atoms with van der Waals surface area (Å²) < 4.78 is 25.8.